The summed E-state index contributed by atoms with van der Waals surface area (Å²) in [7, 11) is 0. The zero-order chi connectivity index (χ0) is 19.4. The lowest BCUT2D eigenvalue weighted by molar-refractivity contribution is -0.193. The molecule has 1 saturated heterocycles. The molecule has 0 radical (unpaired) electrons. The van der Waals surface area contributed by atoms with Crippen molar-refractivity contribution in [2.24, 2.45) is 28.6 Å². The Kier molecular flexibility index (Phi) is 5.14. The molecular formula is C24H38O4. The van der Waals surface area contributed by atoms with Crippen molar-refractivity contribution >= 4 is 0 Å². The molecule has 28 heavy (non-hydrogen) atoms. The zero-order valence-corrected chi connectivity index (χ0v) is 17.4. The lowest BCUT2D eigenvalue weighted by Crippen LogP contribution is -2.55. The van der Waals surface area contributed by atoms with Crippen molar-refractivity contribution in [3.05, 3.63) is 11.6 Å². The van der Waals surface area contributed by atoms with Crippen LogP contribution in [-0.4, -0.2) is 41.9 Å². The third-order valence-corrected chi connectivity index (χ3v) is 9.45. The molecule has 2 N–H and O–H groups in total. The number of aliphatic hydroxyl groups excluding tert-OH is 2. The standard InChI is InChI=1S/C24H38O4/c1-23-13-11-18-16(17(23)9-10-21(23)26)7-8-19-20(5-4-12-24(18,19)15-25)28-22-6-2-3-14-27-22/h8,16-18,20-22,25-26H,2-7,9-15H2,1H3/t16?,17?,18?,20?,21-,22?,23-,24-/m0/s1. The summed E-state index contributed by atoms with van der Waals surface area (Å²) >= 11 is 0. The average Bonchev–Trinajstić information content (AvgIpc) is 3.03. The number of allylic oxidation sites excluding steroid dienone is 1. The summed E-state index contributed by atoms with van der Waals surface area (Å²) in [6, 6.07) is 0. The van der Waals surface area contributed by atoms with Crippen LogP contribution in [0.2, 0.25) is 0 Å². The smallest absolute Gasteiger partial charge is 0.158 e. The molecule has 5 unspecified atom stereocenters. The van der Waals surface area contributed by atoms with E-state index in [9.17, 15) is 10.2 Å². The molecule has 5 rings (SSSR count). The number of fused-ring (bicyclic) bond motifs is 5. The highest BCUT2D eigenvalue weighted by atomic mass is 16.7. The summed E-state index contributed by atoms with van der Waals surface area (Å²) in [4.78, 5) is 0. The Morgan fingerprint density at radius 1 is 1.07 bits per heavy atom. The predicted molar refractivity (Wildman–Crippen MR) is 108 cm³/mol. The van der Waals surface area contributed by atoms with Gasteiger partial charge in [-0.1, -0.05) is 13.0 Å². The molecule has 4 nitrogen and oxygen atoms in total. The summed E-state index contributed by atoms with van der Waals surface area (Å²) in [5.74, 6) is 1.75. The topological polar surface area (TPSA) is 58.9 Å². The fourth-order valence-corrected chi connectivity index (χ4v) is 7.93. The summed E-state index contributed by atoms with van der Waals surface area (Å²) in [6.45, 7) is 3.38. The van der Waals surface area contributed by atoms with Crippen molar-refractivity contribution in [3.63, 3.8) is 0 Å². The molecule has 4 heteroatoms. The zero-order valence-electron chi connectivity index (χ0n) is 17.4. The molecule has 4 fully saturated rings. The Morgan fingerprint density at radius 3 is 2.75 bits per heavy atom. The lowest BCUT2D eigenvalue weighted by Gasteiger charge is -2.58. The van der Waals surface area contributed by atoms with E-state index in [1.807, 2.05) is 0 Å². The van der Waals surface area contributed by atoms with E-state index in [0.717, 1.165) is 70.8 Å². The molecule has 0 aromatic rings. The molecule has 1 heterocycles. The number of rotatable bonds is 3. The van der Waals surface area contributed by atoms with Crippen LogP contribution < -0.4 is 0 Å². The highest BCUT2D eigenvalue weighted by molar-refractivity contribution is 5.29. The second kappa shape index (κ2) is 7.37. The summed E-state index contributed by atoms with van der Waals surface area (Å²) in [5.41, 5.74) is 1.37. The Hall–Kier alpha value is -0.420. The highest BCUT2D eigenvalue weighted by Crippen LogP contribution is 2.65. The maximum absolute atomic E-state index is 10.7. The van der Waals surface area contributed by atoms with Gasteiger partial charge in [0.25, 0.3) is 0 Å². The second-order valence-corrected chi connectivity index (χ2v) is 10.5. The number of ether oxygens (including phenoxy) is 2. The molecule has 3 saturated carbocycles. The fourth-order valence-electron chi connectivity index (χ4n) is 7.93. The minimum Gasteiger partial charge on any atom is -0.395 e. The van der Waals surface area contributed by atoms with Crippen LogP contribution in [0.25, 0.3) is 0 Å². The van der Waals surface area contributed by atoms with E-state index in [1.165, 1.54) is 12.0 Å². The molecule has 0 spiro atoms. The van der Waals surface area contributed by atoms with Crippen molar-refractivity contribution in [3.8, 4) is 0 Å². The van der Waals surface area contributed by atoms with Crippen LogP contribution >= 0.6 is 0 Å². The molecule has 5 aliphatic rings. The first-order chi connectivity index (χ1) is 13.6. The fraction of sp³-hybridized carbons (Fsp3) is 0.917. The van der Waals surface area contributed by atoms with Gasteiger partial charge in [0.15, 0.2) is 6.29 Å². The van der Waals surface area contributed by atoms with Gasteiger partial charge in [-0.3, -0.25) is 0 Å². The molecule has 1 aliphatic heterocycles. The van der Waals surface area contributed by atoms with Gasteiger partial charge in [0.05, 0.1) is 18.8 Å². The second-order valence-electron chi connectivity index (χ2n) is 10.5. The number of aliphatic hydroxyl groups is 2. The quantitative estimate of drug-likeness (QED) is 0.709. The van der Waals surface area contributed by atoms with Gasteiger partial charge in [0.1, 0.15) is 0 Å². The first kappa shape index (κ1) is 19.5. The minimum atomic E-state index is -0.139. The van der Waals surface area contributed by atoms with Crippen LogP contribution in [0.3, 0.4) is 0 Å². The van der Waals surface area contributed by atoms with Crippen LogP contribution in [0.1, 0.15) is 77.6 Å². The molecule has 0 amide bonds. The van der Waals surface area contributed by atoms with Gasteiger partial charge in [-0.25, -0.2) is 0 Å². The monoisotopic (exact) mass is 390 g/mol. The Balaban J connectivity index is 1.43. The van der Waals surface area contributed by atoms with Crippen molar-refractivity contribution in [1.82, 2.24) is 0 Å². The van der Waals surface area contributed by atoms with Gasteiger partial charge in [-0.05, 0) is 99.4 Å². The van der Waals surface area contributed by atoms with Crippen molar-refractivity contribution < 1.29 is 19.7 Å². The lowest BCUT2D eigenvalue weighted by atomic mass is 9.47. The van der Waals surface area contributed by atoms with Gasteiger partial charge in [0.2, 0.25) is 0 Å². The van der Waals surface area contributed by atoms with Crippen molar-refractivity contribution in [2.75, 3.05) is 13.2 Å². The first-order valence-corrected chi connectivity index (χ1v) is 11.8. The largest absolute Gasteiger partial charge is 0.395 e. The number of hydrogen-bond donors (Lipinski definition) is 2. The van der Waals surface area contributed by atoms with E-state index in [-0.39, 0.29) is 35.9 Å². The summed E-state index contributed by atoms with van der Waals surface area (Å²) < 4.78 is 12.4. The summed E-state index contributed by atoms with van der Waals surface area (Å²) in [6.07, 6.45) is 14.4. The van der Waals surface area contributed by atoms with E-state index in [0.29, 0.717) is 17.8 Å². The Morgan fingerprint density at radius 2 is 1.96 bits per heavy atom. The Bertz CT molecular complexity index is 612. The first-order valence-electron chi connectivity index (χ1n) is 11.8. The molecule has 0 aromatic carbocycles. The van der Waals surface area contributed by atoms with E-state index >= 15 is 0 Å². The average molecular weight is 391 g/mol. The van der Waals surface area contributed by atoms with Gasteiger partial charge < -0.3 is 19.7 Å². The SMILES string of the molecule is C[C@]12CCC3C(CC=C4C(OC5CCCCO5)CCC[C@@]43CO)C1CC[C@@H]2O. The van der Waals surface area contributed by atoms with E-state index in [1.54, 1.807) is 0 Å². The summed E-state index contributed by atoms with van der Waals surface area (Å²) in [5, 5.41) is 21.4. The van der Waals surface area contributed by atoms with E-state index < -0.39 is 0 Å². The van der Waals surface area contributed by atoms with Gasteiger partial charge >= 0.3 is 0 Å². The van der Waals surface area contributed by atoms with Gasteiger partial charge in [-0.15, -0.1) is 0 Å². The molecular weight excluding hydrogens is 352 g/mol. The molecule has 158 valence electrons. The Labute approximate surface area is 169 Å². The van der Waals surface area contributed by atoms with Gasteiger partial charge in [-0.2, -0.15) is 0 Å². The van der Waals surface area contributed by atoms with Crippen LogP contribution in [0.4, 0.5) is 0 Å². The molecule has 8 atom stereocenters. The van der Waals surface area contributed by atoms with Crippen LogP contribution in [0, 0.1) is 28.6 Å². The van der Waals surface area contributed by atoms with Crippen molar-refractivity contribution in [1.29, 1.82) is 0 Å². The predicted octanol–water partition coefficient (Wildman–Crippen LogP) is 4.19. The third-order valence-electron chi connectivity index (χ3n) is 9.45. The molecule has 0 aromatic heterocycles. The van der Waals surface area contributed by atoms with Gasteiger partial charge in [0, 0.05) is 12.0 Å². The normalized spacial score (nSPS) is 51.0. The minimum absolute atomic E-state index is 0.0634. The van der Waals surface area contributed by atoms with E-state index in [4.69, 9.17) is 9.47 Å². The molecule has 4 aliphatic carbocycles. The van der Waals surface area contributed by atoms with Crippen molar-refractivity contribution in [2.45, 2.75) is 96.1 Å². The van der Waals surface area contributed by atoms with Crippen LogP contribution in [0.15, 0.2) is 11.6 Å². The molecule has 0 bridgehead atoms. The van der Waals surface area contributed by atoms with E-state index in [2.05, 4.69) is 13.0 Å². The van der Waals surface area contributed by atoms with Crippen LogP contribution in [-0.2, 0) is 9.47 Å². The third kappa shape index (κ3) is 2.85. The van der Waals surface area contributed by atoms with Crippen LogP contribution in [0.5, 0.6) is 0 Å². The maximum atomic E-state index is 10.7. The highest BCUT2D eigenvalue weighted by Gasteiger charge is 2.60. The maximum Gasteiger partial charge on any atom is 0.158 e. The number of hydrogen-bond acceptors (Lipinski definition) is 4.